The molecule has 1 N–H and O–H groups in total. The summed E-state index contributed by atoms with van der Waals surface area (Å²) >= 11 is 7.41. The minimum Gasteiger partial charge on any atom is -0.324 e. The van der Waals surface area contributed by atoms with E-state index in [0.29, 0.717) is 33.3 Å². The van der Waals surface area contributed by atoms with Gasteiger partial charge in [-0.1, -0.05) is 48.5 Å². The van der Waals surface area contributed by atoms with Crippen LogP contribution < -0.4 is 10.9 Å². The van der Waals surface area contributed by atoms with Gasteiger partial charge in [-0.15, -0.1) is 0 Å². The zero-order chi connectivity index (χ0) is 19.4. The number of carbonyl (C=O) groups excluding carboxylic acids is 1. The number of hydrogen-bond acceptors (Lipinski definition) is 4. The first kappa shape index (κ1) is 19.5. The number of benzene rings is 2. The SMILES string of the molecule is CCCn1c(SCC(=O)Nc2ccc(C)cc2Cl)nc2ccccc2c1=O. The summed E-state index contributed by atoms with van der Waals surface area (Å²) in [6.45, 7) is 4.50. The van der Waals surface area contributed by atoms with Gasteiger partial charge in [-0.05, 0) is 43.2 Å². The molecule has 3 aromatic rings. The van der Waals surface area contributed by atoms with Gasteiger partial charge in [0.25, 0.3) is 5.56 Å². The fourth-order valence-electron chi connectivity index (χ4n) is 2.72. The molecule has 27 heavy (non-hydrogen) atoms. The van der Waals surface area contributed by atoms with Crippen molar-refractivity contribution in [2.75, 3.05) is 11.1 Å². The number of para-hydroxylation sites is 1. The maximum atomic E-state index is 12.7. The van der Waals surface area contributed by atoms with Crippen molar-refractivity contribution in [1.29, 1.82) is 0 Å². The second kappa shape index (κ2) is 8.59. The minimum atomic E-state index is -0.198. The van der Waals surface area contributed by atoms with Crippen LogP contribution in [-0.2, 0) is 11.3 Å². The fraction of sp³-hybridized carbons (Fsp3) is 0.250. The van der Waals surface area contributed by atoms with Gasteiger partial charge in [0.15, 0.2) is 5.16 Å². The van der Waals surface area contributed by atoms with Crippen LogP contribution in [-0.4, -0.2) is 21.2 Å². The predicted molar refractivity (Wildman–Crippen MR) is 112 cm³/mol. The average Bonchev–Trinajstić information content (AvgIpc) is 2.65. The molecule has 140 valence electrons. The Morgan fingerprint density at radius 3 is 2.78 bits per heavy atom. The molecule has 0 saturated carbocycles. The Hall–Kier alpha value is -2.31. The first-order valence-electron chi connectivity index (χ1n) is 8.68. The maximum absolute atomic E-state index is 12.7. The summed E-state index contributed by atoms with van der Waals surface area (Å²) in [4.78, 5) is 29.7. The molecule has 0 saturated heterocycles. The molecular formula is C20H20ClN3O2S. The van der Waals surface area contributed by atoms with Crippen LogP contribution in [0.15, 0.2) is 52.4 Å². The van der Waals surface area contributed by atoms with Gasteiger partial charge >= 0.3 is 0 Å². The summed E-state index contributed by atoms with van der Waals surface area (Å²) in [7, 11) is 0. The van der Waals surface area contributed by atoms with E-state index in [1.807, 2.05) is 38.1 Å². The third kappa shape index (κ3) is 4.51. The van der Waals surface area contributed by atoms with Crippen molar-refractivity contribution < 1.29 is 4.79 Å². The fourth-order valence-corrected chi connectivity index (χ4v) is 3.82. The van der Waals surface area contributed by atoms with Crippen LogP contribution >= 0.6 is 23.4 Å². The largest absolute Gasteiger partial charge is 0.324 e. The van der Waals surface area contributed by atoms with E-state index in [1.54, 1.807) is 22.8 Å². The molecule has 0 aliphatic rings. The van der Waals surface area contributed by atoms with Crippen molar-refractivity contribution in [3.63, 3.8) is 0 Å². The van der Waals surface area contributed by atoms with Crippen LogP contribution in [0, 0.1) is 6.92 Å². The number of hydrogen-bond donors (Lipinski definition) is 1. The minimum absolute atomic E-state index is 0.0769. The molecule has 0 bridgehead atoms. The van der Waals surface area contributed by atoms with Gasteiger partial charge in [-0.3, -0.25) is 14.2 Å². The summed E-state index contributed by atoms with van der Waals surface area (Å²) in [5.74, 6) is -0.0604. The van der Waals surface area contributed by atoms with Crippen LogP contribution in [0.3, 0.4) is 0 Å². The highest BCUT2D eigenvalue weighted by molar-refractivity contribution is 7.99. The molecule has 1 amide bonds. The summed E-state index contributed by atoms with van der Waals surface area (Å²) in [5, 5.41) is 4.44. The molecule has 3 rings (SSSR count). The zero-order valence-corrected chi connectivity index (χ0v) is 16.7. The van der Waals surface area contributed by atoms with Crippen molar-refractivity contribution in [2.45, 2.75) is 32.0 Å². The molecule has 0 aliphatic carbocycles. The number of rotatable bonds is 6. The molecule has 0 unspecified atom stereocenters. The van der Waals surface area contributed by atoms with E-state index < -0.39 is 0 Å². The predicted octanol–water partition coefficient (Wildman–Crippen LogP) is 4.50. The van der Waals surface area contributed by atoms with Crippen LogP contribution in [0.1, 0.15) is 18.9 Å². The van der Waals surface area contributed by atoms with Gasteiger partial charge in [0.1, 0.15) is 0 Å². The quantitative estimate of drug-likeness (QED) is 0.488. The Labute approximate surface area is 166 Å². The molecule has 0 aliphatic heterocycles. The summed E-state index contributed by atoms with van der Waals surface area (Å²) in [6, 6.07) is 12.7. The van der Waals surface area contributed by atoms with Gasteiger partial charge < -0.3 is 5.32 Å². The van der Waals surface area contributed by atoms with Crippen molar-refractivity contribution in [3.8, 4) is 0 Å². The van der Waals surface area contributed by atoms with Crippen molar-refractivity contribution in [2.24, 2.45) is 0 Å². The number of fused-ring (bicyclic) bond motifs is 1. The van der Waals surface area contributed by atoms with Gasteiger partial charge in [0.05, 0.1) is 27.4 Å². The molecule has 7 heteroatoms. The number of aryl methyl sites for hydroxylation is 1. The number of aromatic nitrogens is 2. The van der Waals surface area contributed by atoms with Crippen LogP contribution in [0.2, 0.25) is 5.02 Å². The molecule has 0 spiro atoms. The summed E-state index contributed by atoms with van der Waals surface area (Å²) in [5.41, 5.74) is 2.16. The smallest absolute Gasteiger partial charge is 0.262 e. The highest BCUT2D eigenvalue weighted by atomic mass is 35.5. The Morgan fingerprint density at radius 1 is 1.26 bits per heavy atom. The van der Waals surface area contributed by atoms with Crippen molar-refractivity contribution in [3.05, 3.63) is 63.4 Å². The highest BCUT2D eigenvalue weighted by Gasteiger charge is 2.13. The highest BCUT2D eigenvalue weighted by Crippen LogP contribution is 2.24. The van der Waals surface area contributed by atoms with E-state index in [2.05, 4.69) is 10.3 Å². The normalized spacial score (nSPS) is 10.9. The number of anilines is 1. The number of carbonyl (C=O) groups is 1. The van der Waals surface area contributed by atoms with E-state index in [-0.39, 0.29) is 17.2 Å². The lowest BCUT2D eigenvalue weighted by Gasteiger charge is -2.12. The molecule has 0 radical (unpaired) electrons. The van der Waals surface area contributed by atoms with Crippen molar-refractivity contribution in [1.82, 2.24) is 9.55 Å². The zero-order valence-electron chi connectivity index (χ0n) is 15.2. The first-order valence-corrected chi connectivity index (χ1v) is 10.0. The number of amides is 1. The number of halogens is 1. The Morgan fingerprint density at radius 2 is 2.04 bits per heavy atom. The van der Waals surface area contributed by atoms with E-state index in [4.69, 9.17) is 11.6 Å². The molecule has 2 aromatic carbocycles. The molecule has 0 fully saturated rings. The van der Waals surface area contributed by atoms with E-state index in [0.717, 1.165) is 12.0 Å². The van der Waals surface area contributed by atoms with Gasteiger partial charge in [-0.25, -0.2) is 4.98 Å². The second-order valence-corrected chi connectivity index (χ2v) is 7.54. The van der Waals surface area contributed by atoms with E-state index in [1.165, 1.54) is 11.8 Å². The van der Waals surface area contributed by atoms with E-state index in [9.17, 15) is 9.59 Å². The van der Waals surface area contributed by atoms with Crippen LogP contribution in [0.25, 0.3) is 10.9 Å². The third-order valence-electron chi connectivity index (χ3n) is 4.00. The lowest BCUT2D eigenvalue weighted by molar-refractivity contribution is -0.113. The van der Waals surface area contributed by atoms with Gasteiger partial charge in [-0.2, -0.15) is 0 Å². The van der Waals surface area contributed by atoms with Gasteiger partial charge in [0, 0.05) is 6.54 Å². The molecule has 1 aromatic heterocycles. The Kier molecular flexibility index (Phi) is 6.19. The molecular weight excluding hydrogens is 382 g/mol. The lowest BCUT2D eigenvalue weighted by atomic mass is 10.2. The van der Waals surface area contributed by atoms with E-state index >= 15 is 0 Å². The second-order valence-electron chi connectivity index (χ2n) is 6.19. The Balaban J connectivity index is 1.80. The number of nitrogens with zero attached hydrogens (tertiary/aromatic N) is 2. The number of thioether (sulfide) groups is 1. The topological polar surface area (TPSA) is 64.0 Å². The van der Waals surface area contributed by atoms with Crippen LogP contribution in [0.4, 0.5) is 5.69 Å². The Bertz CT molecular complexity index is 1050. The molecule has 1 heterocycles. The number of nitrogens with one attached hydrogen (secondary N) is 1. The standard InChI is InChI=1S/C20H20ClN3O2S/c1-3-10-24-19(26)14-6-4-5-7-16(14)23-20(24)27-12-18(25)22-17-9-8-13(2)11-15(17)21/h4-9,11H,3,10,12H2,1-2H3,(H,22,25). The maximum Gasteiger partial charge on any atom is 0.262 e. The average molecular weight is 402 g/mol. The first-order chi connectivity index (χ1) is 13.0. The summed E-state index contributed by atoms with van der Waals surface area (Å²) in [6.07, 6.45) is 0.804. The molecule has 0 atom stereocenters. The van der Waals surface area contributed by atoms with Gasteiger partial charge in [0.2, 0.25) is 5.91 Å². The lowest BCUT2D eigenvalue weighted by Crippen LogP contribution is -2.24. The van der Waals surface area contributed by atoms with Crippen LogP contribution in [0.5, 0.6) is 0 Å². The van der Waals surface area contributed by atoms with Crippen molar-refractivity contribution >= 4 is 45.9 Å². The molecule has 5 nitrogen and oxygen atoms in total. The summed E-state index contributed by atoms with van der Waals surface area (Å²) < 4.78 is 1.64. The third-order valence-corrected chi connectivity index (χ3v) is 5.29. The monoisotopic (exact) mass is 401 g/mol.